The van der Waals surface area contributed by atoms with Gasteiger partial charge < -0.3 is 9.47 Å². The average molecular weight is 320 g/mol. The maximum atomic E-state index is 10.9. The lowest BCUT2D eigenvalue weighted by molar-refractivity contribution is -0.421. The second-order valence-electron chi connectivity index (χ2n) is 4.90. The van der Waals surface area contributed by atoms with E-state index in [0.29, 0.717) is 24.5 Å². The molecule has 1 aromatic carbocycles. The number of nitrogens with zero attached hydrogens (tertiary/aromatic N) is 2. The van der Waals surface area contributed by atoms with Gasteiger partial charge in [0.05, 0.1) is 31.8 Å². The lowest BCUT2D eigenvalue weighted by Crippen LogP contribution is -2.34. The third-order valence-electron chi connectivity index (χ3n) is 3.49. The molecule has 0 bridgehead atoms. The fourth-order valence-electron chi connectivity index (χ4n) is 2.36. The van der Waals surface area contributed by atoms with E-state index in [1.165, 1.54) is 17.3 Å². The summed E-state index contributed by atoms with van der Waals surface area (Å²) >= 11 is 0. The fourth-order valence-corrected chi connectivity index (χ4v) is 2.36. The van der Waals surface area contributed by atoms with Crippen LogP contribution in [0.3, 0.4) is 0 Å². The van der Waals surface area contributed by atoms with Crippen molar-refractivity contribution in [3.63, 3.8) is 0 Å². The molecule has 0 saturated carbocycles. The summed E-state index contributed by atoms with van der Waals surface area (Å²) < 4.78 is 10.6. The Bertz CT molecular complexity index is 627. The van der Waals surface area contributed by atoms with Crippen LogP contribution in [0.1, 0.15) is 12.5 Å². The summed E-state index contributed by atoms with van der Waals surface area (Å²) in [5.41, 5.74) is 0.960. The summed E-state index contributed by atoms with van der Waals surface area (Å²) in [6, 6.07) is 5.43. The van der Waals surface area contributed by atoms with E-state index >= 15 is 0 Å². The van der Waals surface area contributed by atoms with Crippen LogP contribution in [0.5, 0.6) is 11.5 Å². The molecule has 0 radical (unpaired) electrons. The third-order valence-corrected chi connectivity index (χ3v) is 3.49. The molecule has 1 aromatic rings. The van der Waals surface area contributed by atoms with Crippen molar-refractivity contribution in [3.8, 4) is 11.5 Å². The van der Waals surface area contributed by atoms with E-state index < -0.39 is 4.92 Å². The summed E-state index contributed by atoms with van der Waals surface area (Å²) in [5, 5.41) is 12.4. The third kappa shape index (κ3) is 4.01. The van der Waals surface area contributed by atoms with Crippen molar-refractivity contribution < 1.29 is 19.2 Å². The van der Waals surface area contributed by atoms with Gasteiger partial charge in [0.2, 0.25) is 0 Å². The molecule has 23 heavy (non-hydrogen) atoms. The molecule has 0 amide bonds. The first-order valence-corrected chi connectivity index (χ1v) is 7.25. The first-order chi connectivity index (χ1) is 11.1. The topological polar surface area (TPSA) is 74.1 Å². The van der Waals surface area contributed by atoms with Crippen molar-refractivity contribution in [2.24, 2.45) is 0 Å². The zero-order valence-corrected chi connectivity index (χ0v) is 13.4. The van der Waals surface area contributed by atoms with E-state index in [-0.39, 0.29) is 11.7 Å². The molecule has 0 aromatic heterocycles. The summed E-state index contributed by atoms with van der Waals surface area (Å²) in [4.78, 5) is 16.0. The Morgan fingerprint density at radius 3 is 2.70 bits per heavy atom. The van der Waals surface area contributed by atoms with Crippen LogP contribution in [0.15, 0.2) is 42.2 Å². The zero-order chi connectivity index (χ0) is 16.8. The van der Waals surface area contributed by atoms with Crippen LogP contribution in [0.4, 0.5) is 0 Å². The van der Waals surface area contributed by atoms with E-state index in [1.807, 2.05) is 25.1 Å². The number of allylic oxidation sites excluding steroid dienone is 1. The molecule has 2 rings (SSSR count). The molecule has 1 aliphatic rings. The number of nitro groups is 1. The molecule has 1 aliphatic heterocycles. The molecular formula is C16H20N2O5. The predicted molar refractivity (Wildman–Crippen MR) is 84.7 cm³/mol. The Morgan fingerprint density at radius 2 is 2.09 bits per heavy atom. The van der Waals surface area contributed by atoms with Crippen molar-refractivity contribution in [1.82, 2.24) is 5.06 Å². The van der Waals surface area contributed by atoms with Crippen molar-refractivity contribution in [2.75, 3.05) is 20.8 Å². The zero-order valence-electron chi connectivity index (χ0n) is 13.4. The number of methoxy groups -OCH3 is 2. The van der Waals surface area contributed by atoms with Crippen molar-refractivity contribution >= 4 is 0 Å². The number of hydroxylamine groups is 2. The second-order valence-corrected chi connectivity index (χ2v) is 4.90. The van der Waals surface area contributed by atoms with Crippen molar-refractivity contribution in [3.05, 3.63) is 57.9 Å². The minimum atomic E-state index is -0.438. The van der Waals surface area contributed by atoms with Crippen LogP contribution in [0.2, 0.25) is 0 Å². The molecule has 0 fully saturated rings. The fraction of sp³-hybridized carbons (Fsp3) is 0.375. The standard InChI is InChI=1S/C16H20N2O5/c1-4-23-17-11-14(18(19)20)7-6-13(17)9-12-5-8-15(21-2)10-16(12)22-3/h5-8,10-11,13H,4,9H2,1-3H3. The number of hydrogen-bond donors (Lipinski definition) is 0. The highest BCUT2D eigenvalue weighted by Crippen LogP contribution is 2.28. The SMILES string of the molecule is CCON1C=C([N+](=O)[O-])C=CC1Cc1ccc(OC)cc1OC. The molecular weight excluding hydrogens is 300 g/mol. The molecule has 0 saturated heterocycles. The number of ether oxygens (including phenoxy) is 2. The Hall–Kier alpha value is -2.54. The normalized spacial score (nSPS) is 16.9. The highest BCUT2D eigenvalue weighted by atomic mass is 16.7. The molecule has 0 spiro atoms. The Balaban J connectivity index is 2.22. The summed E-state index contributed by atoms with van der Waals surface area (Å²) in [5.74, 6) is 1.42. The van der Waals surface area contributed by atoms with E-state index in [9.17, 15) is 10.1 Å². The molecule has 1 heterocycles. The number of rotatable bonds is 7. The largest absolute Gasteiger partial charge is 0.497 e. The average Bonchev–Trinajstić information content (AvgIpc) is 2.56. The van der Waals surface area contributed by atoms with Crippen LogP contribution in [0, 0.1) is 10.1 Å². The monoisotopic (exact) mass is 320 g/mol. The molecule has 124 valence electrons. The summed E-state index contributed by atoms with van der Waals surface area (Å²) in [6.45, 7) is 2.26. The van der Waals surface area contributed by atoms with Gasteiger partial charge in [-0.1, -0.05) is 12.1 Å². The molecule has 7 heteroatoms. The van der Waals surface area contributed by atoms with Crippen LogP contribution in [-0.2, 0) is 11.3 Å². The number of hydrogen-bond acceptors (Lipinski definition) is 6. The van der Waals surface area contributed by atoms with Crippen LogP contribution >= 0.6 is 0 Å². The van der Waals surface area contributed by atoms with Crippen LogP contribution < -0.4 is 9.47 Å². The molecule has 0 aliphatic carbocycles. The smallest absolute Gasteiger partial charge is 0.287 e. The summed E-state index contributed by atoms with van der Waals surface area (Å²) in [7, 11) is 3.19. The van der Waals surface area contributed by atoms with Crippen LogP contribution in [-0.4, -0.2) is 36.9 Å². The molecule has 0 N–H and O–H groups in total. The minimum absolute atomic E-state index is 0.00334. The molecule has 1 atom stereocenters. The highest BCUT2D eigenvalue weighted by Gasteiger charge is 2.24. The first-order valence-electron chi connectivity index (χ1n) is 7.25. The first kappa shape index (κ1) is 16.8. The molecule has 1 unspecified atom stereocenters. The van der Waals surface area contributed by atoms with Gasteiger partial charge in [-0.2, -0.15) is 0 Å². The highest BCUT2D eigenvalue weighted by molar-refractivity contribution is 5.41. The van der Waals surface area contributed by atoms with Gasteiger partial charge >= 0.3 is 0 Å². The second kappa shape index (κ2) is 7.64. The van der Waals surface area contributed by atoms with Gasteiger partial charge in [0, 0.05) is 18.6 Å². The van der Waals surface area contributed by atoms with Gasteiger partial charge in [0.15, 0.2) is 0 Å². The van der Waals surface area contributed by atoms with Crippen molar-refractivity contribution in [2.45, 2.75) is 19.4 Å². The maximum Gasteiger partial charge on any atom is 0.287 e. The van der Waals surface area contributed by atoms with Gasteiger partial charge in [-0.05, 0) is 18.6 Å². The van der Waals surface area contributed by atoms with E-state index in [1.54, 1.807) is 20.3 Å². The summed E-state index contributed by atoms with van der Waals surface area (Å²) in [6.07, 6.45) is 5.25. The quantitative estimate of drug-likeness (QED) is 0.568. The Morgan fingerprint density at radius 1 is 1.30 bits per heavy atom. The van der Waals surface area contributed by atoms with Crippen LogP contribution in [0.25, 0.3) is 0 Å². The van der Waals surface area contributed by atoms with Gasteiger partial charge in [-0.15, -0.1) is 0 Å². The van der Waals surface area contributed by atoms with Gasteiger partial charge in [-0.3, -0.25) is 15.0 Å². The van der Waals surface area contributed by atoms with Crippen molar-refractivity contribution in [1.29, 1.82) is 0 Å². The molecule has 7 nitrogen and oxygen atoms in total. The predicted octanol–water partition coefficient (Wildman–Crippen LogP) is 2.56. The lowest BCUT2D eigenvalue weighted by Gasteiger charge is -2.29. The van der Waals surface area contributed by atoms with Gasteiger partial charge in [-0.25, -0.2) is 5.06 Å². The Labute approximate surface area is 134 Å². The Kier molecular flexibility index (Phi) is 5.59. The maximum absolute atomic E-state index is 10.9. The number of benzene rings is 1. The van der Waals surface area contributed by atoms with E-state index in [4.69, 9.17) is 14.3 Å². The van der Waals surface area contributed by atoms with E-state index in [2.05, 4.69) is 0 Å². The van der Waals surface area contributed by atoms with Gasteiger partial charge in [0.1, 0.15) is 17.7 Å². The lowest BCUT2D eigenvalue weighted by atomic mass is 10.0. The minimum Gasteiger partial charge on any atom is -0.497 e. The van der Waals surface area contributed by atoms with Gasteiger partial charge in [0.25, 0.3) is 5.70 Å². The van der Waals surface area contributed by atoms with E-state index in [0.717, 1.165) is 5.56 Å².